The van der Waals surface area contributed by atoms with E-state index in [9.17, 15) is 8.78 Å². The summed E-state index contributed by atoms with van der Waals surface area (Å²) < 4.78 is 25.8. The Hall–Kier alpha value is -0.920. The molecule has 0 aromatic heterocycles. The molecule has 0 nitrogen and oxygen atoms in total. The molecule has 0 radical (unpaired) electrons. The average molecular weight is 172 g/mol. The molecular formula is C10H14F2. The number of hydrogen-bond acceptors (Lipinski definition) is 0. The number of hydrogen-bond donors (Lipinski definition) is 0. The summed E-state index contributed by atoms with van der Waals surface area (Å²) in [6.07, 6.45) is 0.991. The van der Waals surface area contributed by atoms with Gasteiger partial charge in [0.2, 0.25) is 0 Å². The Morgan fingerprint density at radius 3 is 1.75 bits per heavy atom. The molecule has 0 atom stereocenters. The fourth-order valence-corrected chi connectivity index (χ4v) is 0.997. The van der Waals surface area contributed by atoms with Gasteiger partial charge in [-0.05, 0) is 11.5 Å². The minimum absolute atomic E-state index is 0.0162. The first-order valence-electron chi connectivity index (χ1n) is 3.68. The molecule has 0 saturated carbocycles. The third-order valence-electron chi connectivity index (χ3n) is 1.44. The molecule has 0 unspecified atom stereocenters. The first-order valence-corrected chi connectivity index (χ1v) is 3.68. The van der Waals surface area contributed by atoms with E-state index >= 15 is 0 Å². The second-order valence-electron chi connectivity index (χ2n) is 3.58. The standard InChI is InChI=1S/C10H14F2/c1-6-8(12)9(7(2)11)10(3,4)5/h6H,1-2H2,3-5H3/b9-8-. The molecule has 0 rings (SSSR count). The second kappa shape index (κ2) is 3.65. The van der Waals surface area contributed by atoms with Crippen LogP contribution in [0.4, 0.5) is 8.78 Å². The van der Waals surface area contributed by atoms with Crippen molar-refractivity contribution in [3.63, 3.8) is 0 Å². The van der Waals surface area contributed by atoms with Gasteiger partial charge < -0.3 is 0 Å². The van der Waals surface area contributed by atoms with Crippen molar-refractivity contribution in [3.8, 4) is 0 Å². The summed E-state index contributed by atoms with van der Waals surface area (Å²) in [5, 5.41) is 0. The van der Waals surface area contributed by atoms with E-state index in [2.05, 4.69) is 13.2 Å². The van der Waals surface area contributed by atoms with Gasteiger partial charge >= 0.3 is 0 Å². The highest BCUT2D eigenvalue weighted by molar-refractivity contribution is 5.35. The van der Waals surface area contributed by atoms with Crippen LogP contribution in [0.1, 0.15) is 20.8 Å². The molecule has 12 heavy (non-hydrogen) atoms. The first-order chi connectivity index (χ1) is 5.30. The zero-order valence-electron chi connectivity index (χ0n) is 7.75. The van der Waals surface area contributed by atoms with Gasteiger partial charge in [0.05, 0.1) is 0 Å². The fourth-order valence-electron chi connectivity index (χ4n) is 0.997. The highest BCUT2D eigenvalue weighted by atomic mass is 19.1. The van der Waals surface area contributed by atoms with Crippen molar-refractivity contribution in [1.82, 2.24) is 0 Å². The van der Waals surface area contributed by atoms with Crippen LogP contribution in [0.15, 0.2) is 36.5 Å². The first kappa shape index (κ1) is 11.1. The van der Waals surface area contributed by atoms with Gasteiger partial charge in [-0.15, -0.1) is 0 Å². The van der Waals surface area contributed by atoms with Crippen LogP contribution in [0.2, 0.25) is 0 Å². The van der Waals surface area contributed by atoms with Gasteiger partial charge in [0.15, 0.2) is 0 Å². The molecule has 0 aliphatic heterocycles. The summed E-state index contributed by atoms with van der Waals surface area (Å²) in [7, 11) is 0. The van der Waals surface area contributed by atoms with Crippen molar-refractivity contribution < 1.29 is 8.78 Å². The van der Waals surface area contributed by atoms with E-state index in [4.69, 9.17) is 0 Å². The maximum absolute atomic E-state index is 13.0. The normalized spacial score (nSPS) is 13.8. The summed E-state index contributed by atoms with van der Waals surface area (Å²) in [4.78, 5) is 0. The van der Waals surface area contributed by atoms with Crippen molar-refractivity contribution in [2.45, 2.75) is 20.8 Å². The van der Waals surface area contributed by atoms with Gasteiger partial charge in [-0.2, -0.15) is 0 Å². The van der Waals surface area contributed by atoms with E-state index in [1.54, 1.807) is 20.8 Å². The molecule has 0 aliphatic rings. The van der Waals surface area contributed by atoms with Crippen LogP contribution in [0, 0.1) is 5.41 Å². The van der Waals surface area contributed by atoms with Gasteiger partial charge in [0.25, 0.3) is 0 Å². The molecule has 0 spiro atoms. The fraction of sp³-hybridized carbons (Fsp3) is 0.400. The molecule has 0 aliphatic carbocycles. The van der Waals surface area contributed by atoms with Crippen molar-refractivity contribution in [2.24, 2.45) is 5.41 Å². The van der Waals surface area contributed by atoms with Gasteiger partial charge in [-0.25, -0.2) is 8.78 Å². The van der Waals surface area contributed by atoms with Crippen LogP contribution >= 0.6 is 0 Å². The number of rotatable bonds is 2. The van der Waals surface area contributed by atoms with Crippen LogP contribution in [0.25, 0.3) is 0 Å². The molecule has 0 bridgehead atoms. The number of halogens is 2. The SMILES string of the molecule is C=C/C(F)=C(\C(=C)F)C(C)(C)C. The van der Waals surface area contributed by atoms with Crippen LogP contribution in [0.3, 0.4) is 0 Å². The molecule has 2 heteroatoms. The zero-order chi connectivity index (χ0) is 9.94. The minimum Gasteiger partial charge on any atom is -0.207 e. The summed E-state index contributed by atoms with van der Waals surface area (Å²) in [6, 6.07) is 0. The largest absolute Gasteiger partial charge is 0.207 e. The van der Waals surface area contributed by atoms with Crippen molar-refractivity contribution in [1.29, 1.82) is 0 Å². The van der Waals surface area contributed by atoms with Crippen LogP contribution in [-0.2, 0) is 0 Å². The van der Waals surface area contributed by atoms with E-state index in [1.807, 2.05) is 0 Å². The lowest BCUT2D eigenvalue weighted by Crippen LogP contribution is -2.11. The topological polar surface area (TPSA) is 0 Å². The Morgan fingerprint density at radius 2 is 1.67 bits per heavy atom. The van der Waals surface area contributed by atoms with Crippen molar-refractivity contribution in [2.75, 3.05) is 0 Å². The molecule has 0 aromatic carbocycles. The van der Waals surface area contributed by atoms with Gasteiger partial charge in [0, 0.05) is 5.57 Å². The summed E-state index contributed by atoms with van der Waals surface area (Å²) in [6.45, 7) is 11.5. The van der Waals surface area contributed by atoms with Gasteiger partial charge in [-0.1, -0.05) is 33.9 Å². The molecule has 0 amide bonds. The van der Waals surface area contributed by atoms with Gasteiger partial charge in [0.1, 0.15) is 11.7 Å². The maximum Gasteiger partial charge on any atom is 0.129 e. The third-order valence-corrected chi connectivity index (χ3v) is 1.44. The van der Waals surface area contributed by atoms with E-state index < -0.39 is 17.1 Å². The lowest BCUT2D eigenvalue weighted by Gasteiger charge is -2.21. The van der Waals surface area contributed by atoms with Crippen LogP contribution < -0.4 is 0 Å². The highest BCUT2D eigenvalue weighted by Crippen LogP contribution is 2.34. The lowest BCUT2D eigenvalue weighted by atomic mass is 9.85. The third kappa shape index (κ3) is 2.61. The Labute approximate surface area is 72.3 Å². The average Bonchev–Trinajstić information content (AvgIpc) is 1.83. The van der Waals surface area contributed by atoms with Crippen molar-refractivity contribution >= 4 is 0 Å². The van der Waals surface area contributed by atoms with E-state index in [1.165, 1.54) is 0 Å². The summed E-state index contributed by atoms with van der Waals surface area (Å²) in [5.74, 6) is -1.38. The smallest absolute Gasteiger partial charge is 0.129 e. The van der Waals surface area contributed by atoms with Crippen LogP contribution in [-0.4, -0.2) is 0 Å². The summed E-state index contributed by atoms with van der Waals surface area (Å²) >= 11 is 0. The monoisotopic (exact) mass is 172 g/mol. The Kier molecular flexibility index (Phi) is 3.37. The summed E-state index contributed by atoms with van der Waals surface area (Å²) in [5.41, 5.74) is -0.595. The maximum atomic E-state index is 13.0. The molecule has 0 heterocycles. The predicted octanol–water partition coefficient (Wildman–Crippen LogP) is 3.93. The quantitative estimate of drug-likeness (QED) is 0.554. The molecule has 0 aromatic rings. The molecule has 68 valence electrons. The molecule has 0 fully saturated rings. The number of allylic oxidation sites excluding steroid dienone is 4. The van der Waals surface area contributed by atoms with Crippen molar-refractivity contribution in [3.05, 3.63) is 36.5 Å². The van der Waals surface area contributed by atoms with Crippen LogP contribution in [0.5, 0.6) is 0 Å². The Balaban J connectivity index is 5.21. The Morgan fingerprint density at radius 1 is 1.25 bits per heavy atom. The second-order valence-corrected chi connectivity index (χ2v) is 3.58. The predicted molar refractivity (Wildman–Crippen MR) is 48.0 cm³/mol. The lowest BCUT2D eigenvalue weighted by molar-refractivity contribution is 0.452. The van der Waals surface area contributed by atoms with E-state index in [0.29, 0.717) is 0 Å². The Bertz CT molecular complexity index is 229. The highest BCUT2D eigenvalue weighted by Gasteiger charge is 2.23. The minimum atomic E-state index is -0.736. The molecule has 0 N–H and O–H groups in total. The van der Waals surface area contributed by atoms with Gasteiger partial charge in [-0.3, -0.25) is 0 Å². The molecular weight excluding hydrogens is 158 g/mol. The molecule has 0 saturated heterocycles. The zero-order valence-corrected chi connectivity index (χ0v) is 7.75. The van der Waals surface area contributed by atoms with E-state index in [0.717, 1.165) is 6.08 Å². The van der Waals surface area contributed by atoms with E-state index in [-0.39, 0.29) is 5.57 Å².